The van der Waals surface area contributed by atoms with Crippen LogP contribution in [0.1, 0.15) is 61.5 Å². The summed E-state index contributed by atoms with van der Waals surface area (Å²) in [6.07, 6.45) is 7.71. The van der Waals surface area contributed by atoms with Crippen molar-refractivity contribution in [1.82, 2.24) is 19.7 Å². The van der Waals surface area contributed by atoms with Crippen molar-refractivity contribution in [2.75, 3.05) is 26.2 Å². The average Bonchev–Trinajstić information content (AvgIpc) is 3.41. The van der Waals surface area contributed by atoms with Gasteiger partial charge in [-0.25, -0.2) is 4.79 Å². The van der Waals surface area contributed by atoms with Gasteiger partial charge >= 0.3 is 6.16 Å². The molecule has 37 heavy (non-hydrogen) atoms. The van der Waals surface area contributed by atoms with Crippen molar-refractivity contribution >= 4 is 12.4 Å². The Morgan fingerprint density at radius 3 is 2.65 bits per heavy atom. The van der Waals surface area contributed by atoms with Crippen LogP contribution >= 0.6 is 0 Å². The number of likely N-dealkylation sites (tertiary alicyclic amines) is 1. The second kappa shape index (κ2) is 13.0. The molecule has 4 rings (SSSR count). The van der Waals surface area contributed by atoms with Gasteiger partial charge in [0.25, 0.3) is 0 Å². The van der Waals surface area contributed by atoms with Gasteiger partial charge in [0.15, 0.2) is 6.29 Å². The highest BCUT2D eigenvalue weighted by atomic mass is 16.7. The topological polar surface area (TPSA) is 95.8 Å². The van der Waals surface area contributed by atoms with Gasteiger partial charge in [0.1, 0.15) is 18.1 Å². The summed E-state index contributed by atoms with van der Waals surface area (Å²) in [6, 6.07) is 10.7. The van der Waals surface area contributed by atoms with E-state index in [1.165, 1.54) is 19.3 Å². The van der Waals surface area contributed by atoms with Crippen molar-refractivity contribution in [3.05, 3.63) is 59.9 Å². The molecule has 0 spiro atoms. The smallest absolute Gasteiger partial charge is 0.488 e. The van der Waals surface area contributed by atoms with E-state index < -0.39 is 6.16 Å². The van der Waals surface area contributed by atoms with Gasteiger partial charge in [0.2, 0.25) is 0 Å². The molecule has 0 bridgehead atoms. The highest BCUT2D eigenvalue weighted by molar-refractivity contribution is 5.85. The van der Waals surface area contributed by atoms with Gasteiger partial charge in [-0.3, -0.25) is 14.5 Å². The summed E-state index contributed by atoms with van der Waals surface area (Å²) >= 11 is 0. The van der Waals surface area contributed by atoms with E-state index >= 15 is 0 Å². The van der Waals surface area contributed by atoms with Gasteiger partial charge in [0, 0.05) is 30.5 Å². The summed E-state index contributed by atoms with van der Waals surface area (Å²) in [5.74, 6) is 0.399. The predicted molar refractivity (Wildman–Crippen MR) is 139 cm³/mol. The van der Waals surface area contributed by atoms with Gasteiger partial charge in [-0.2, -0.15) is 5.10 Å². The minimum atomic E-state index is -0.838. The van der Waals surface area contributed by atoms with Gasteiger partial charge in [-0.1, -0.05) is 18.6 Å². The highest BCUT2D eigenvalue weighted by Gasteiger charge is 2.18. The molecular weight excluding hydrogens is 472 g/mol. The van der Waals surface area contributed by atoms with E-state index in [2.05, 4.69) is 28.8 Å². The number of nitrogens with zero attached hydrogens (tertiary/aromatic N) is 4. The maximum Gasteiger partial charge on any atom is 0.513 e. The first-order valence-electron chi connectivity index (χ1n) is 12.8. The third kappa shape index (κ3) is 6.95. The van der Waals surface area contributed by atoms with Crippen molar-refractivity contribution < 1.29 is 23.8 Å². The van der Waals surface area contributed by atoms with Crippen LogP contribution in [-0.4, -0.2) is 58.3 Å². The van der Waals surface area contributed by atoms with Gasteiger partial charge in [-0.05, 0) is 70.5 Å². The van der Waals surface area contributed by atoms with Crippen LogP contribution < -0.4 is 9.47 Å². The highest BCUT2D eigenvalue weighted by Crippen LogP contribution is 2.29. The molecule has 3 heterocycles. The summed E-state index contributed by atoms with van der Waals surface area (Å²) in [7, 11) is 0. The first-order valence-corrected chi connectivity index (χ1v) is 12.8. The lowest BCUT2D eigenvalue weighted by atomic mass is 10.1. The Kier molecular flexibility index (Phi) is 9.26. The van der Waals surface area contributed by atoms with Crippen LogP contribution in [0.15, 0.2) is 48.8 Å². The van der Waals surface area contributed by atoms with Crippen LogP contribution in [0.3, 0.4) is 0 Å². The average molecular weight is 507 g/mol. The number of benzene rings is 1. The number of hydrogen-bond donors (Lipinski definition) is 0. The number of hydrogen-bond acceptors (Lipinski definition) is 8. The zero-order chi connectivity index (χ0) is 26.0. The van der Waals surface area contributed by atoms with E-state index in [0.29, 0.717) is 12.0 Å². The maximum atomic E-state index is 12.3. The maximum absolute atomic E-state index is 12.3. The lowest BCUT2D eigenvalue weighted by Crippen LogP contribution is -2.31. The molecule has 1 aromatic carbocycles. The van der Waals surface area contributed by atoms with E-state index in [0.717, 1.165) is 43.0 Å². The zero-order valence-electron chi connectivity index (χ0n) is 21.5. The Bertz CT molecular complexity index is 1190. The lowest BCUT2D eigenvalue weighted by Gasteiger charge is -2.26. The summed E-state index contributed by atoms with van der Waals surface area (Å²) in [5.41, 5.74) is 2.61. The predicted octanol–water partition coefficient (Wildman–Crippen LogP) is 5.31. The molecule has 3 aromatic rings. The second-order valence-corrected chi connectivity index (χ2v) is 9.30. The van der Waals surface area contributed by atoms with Crippen molar-refractivity contribution in [2.45, 2.75) is 52.2 Å². The molecule has 0 saturated carbocycles. The summed E-state index contributed by atoms with van der Waals surface area (Å²) in [6.45, 7) is 7.62. The van der Waals surface area contributed by atoms with E-state index in [-0.39, 0.29) is 30.6 Å². The van der Waals surface area contributed by atoms with Crippen molar-refractivity contribution in [1.29, 1.82) is 0 Å². The molecule has 9 nitrogen and oxygen atoms in total. The van der Waals surface area contributed by atoms with Crippen molar-refractivity contribution in [3.63, 3.8) is 0 Å². The van der Waals surface area contributed by atoms with E-state index in [9.17, 15) is 9.59 Å². The summed E-state index contributed by atoms with van der Waals surface area (Å²) < 4.78 is 18.5. The van der Waals surface area contributed by atoms with Gasteiger partial charge in [-0.15, -0.1) is 0 Å². The minimum absolute atomic E-state index is 0.0952. The number of ether oxygens (including phenoxy) is 3. The Morgan fingerprint density at radius 1 is 1.05 bits per heavy atom. The molecule has 0 amide bonds. The van der Waals surface area contributed by atoms with Crippen LogP contribution in [-0.2, 0) is 11.3 Å². The number of carbonyl (C=O) groups excluding carboxylic acids is 2. The molecule has 0 aliphatic carbocycles. The lowest BCUT2D eigenvalue weighted by molar-refractivity contribution is 0.0923. The molecule has 9 heteroatoms. The van der Waals surface area contributed by atoms with Gasteiger partial charge in [0.05, 0.1) is 23.6 Å². The first kappa shape index (κ1) is 26.3. The molecule has 0 unspecified atom stereocenters. The second-order valence-electron chi connectivity index (χ2n) is 9.30. The fraction of sp³-hybridized carbons (Fsp3) is 0.429. The molecule has 0 atom stereocenters. The zero-order valence-corrected chi connectivity index (χ0v) is 21.5. The summed E-state index contributed by atoms with van der Waals surface area (Å²) in [5, 5.41) is 4.40. The number of aromatic nitrogens is 3. The van der Waals surface area contributed by atoms with Crippen LogP contribution in [0.4, 0.5) is 4.79 Å². The molecule has 2 aromatic heterocycles. The van der Waals surface area contributed by atoms with Crippen LogP contribution in [0, 0.1) is 0 Å². The fourth-order valence-electron chi connectivity index (χ4n) is 4.46. The fourth-order valence-corrected chi connectivity index (χ4v) is 4.46. The molecule has 1 aliphatic rings. The number of aldehydes is 1. The van der Waals surface area contributed by atoms with Crippen LogP contribution in [0.5, 0.6) is 11.5 Å². The SMILES string of the molecule is CC(C)n1nccc1-c1ncccc1COc1cccc(OC(=O)OCCCN2CCCCC2)c1C=O. The quantitative estimate of drug-likeness (QED) is 0.149. The largest absolute Gasteiger partial charge is 0.513 e. The van der Waals surface area contributed by atoms with E-state index in [1.54, 1.807) is 30.6 Å². The Morgan fingerprint density at radius 2 is 1.86 bits per heavy atom. The molecule has 1 saturated heterocycles. The summed E-state index contributed by atoms with van der Waals surface area (Å²) in [4.78, 5) is 31.1. The first-order chi connectivity index (χ1) is 18.1. The number of carbonyl (C=O) groups is 2. The molecule has 0 N–H and O–H groups in total. The molecular formula is C28H34N4O5. The normalized spacial score (nSPS) is 13.9. The monoisotopic (exact) mass is 506 g/mol. The third-order valence-corrected chi connectivity index (χ3v) is 6.30. The van der Waals surface area contributed by atoms with E-state index in [4.69, 9.17) is 14.2 Å². The van der Waals surface area contributed by atoms with Crippen LogP contribution in [0.2, 0.25) is 0 Å². The van der Waals surface area contributed by atoms with Crippen LogP contribution in [0.25, 0.3) is 11.4 Å². The number of pyridine rings is 1. The Hall–Kier alpha value is -3.72. The van der Waals surface area contributed by atoms with Crippen molar-refractivity contribution in [3.8, 4) is 22.9 Å². The van der Waals surface area contributed by atoms with E-state index in [1.807, 2.05) is 22.9 Å². The molecule has 196 valence electrons. The standard InChI is InChI=1S/C28H34N4O5/c1-21(2)32-24(12-14-30-32)27-22(9-7-13-29-27)20-36-25-10-6-11-26(23(25)19-33)37-28(34)35-18-8-17-31-15-4-3-5-16-31/h6-7,9-14,19,21H,3-5,8,15-18,20H2,1-2H3. The van der Waals surface area contributed by atoms with Crippen molar-refractivity contribution in [2.24, 2.45) is 0 Å². The molecule has 1 fully saturated rings. The molecule has 1 aliphatic heterocycles. The Labute approximate surface area is 217 Å². The molecule has 0 radical (unpaired) electrons. The minimum Gasteiger partial charge on any atom is -0.488 e. The van der Waals surface area contributed by atoms with Gasteiger partial charge < -0.3 is 19.1 Å². The third-order valence-electron chi connectivity index (χ3n) is 6.30. The Balaban J connectivity index is 1.37. The number of piperidine rings is 1. The number of rotatable bonds is 11.